The van der Waals surface area contributed by atoms with Crippen molar-refractivity contribution in [1.82, 2.24) is 0 Å². The van der Waals surface area contributed by atoms with Crippen molar-refractivity contribution < 1.29 is 19.2 Å². The number of benzene rings is 1. The van der Waals surface area contributed by atoms with Gasteiger partial charge in [-0.1, -0.05) is 0 Å². The molecule has 0 amide bonds. The number of hydrogen-bond donors (Lipinski definition) is 3. The third-order valence-electron chi connectivity index (χ3n) is 2.74. The van der Waals surface area contributed by atoms with Gasteiger partial charge in [-0.3, -0.25) is 0 Å². The van der Waals surface area contributed by atoms with Gasteiger partial charge in [-0.2, -0.15) is 0 Å². The van der Waals surface area contributed by atoms with E-state index in [9.17, 15) is 0 Å². The third kappa shape index (κ3) is 8.98. The predicted octanol–water partition coefficient (Wildman–Crippen LogP) is 1.97. The van der Waals surface area contributed by atoms with E-state index in [1.54, 1.807) is 2.81 Å². The summed E-state index contributed by atoms with van der Waals surface area (Å²) in [7, 11) is -4.64. The van der Waals surface area contributed by atoms with Gasteiger partial charge in [0.25, 0.3) is 0 Å². The van der Waals surface area contributed by atoms with Crippen molar-refractivity contribution in [3.8, 4) is 0 Å². The Bertz CT molecular complexity index is 452. The molecule has 0 bridgehead atoms. The second-order valence-corrected chi connectivity index (χ2v) is 8.10. The largest absolute Gasteiger partial charge is 0.466 e. The van der Waals surface area contributed by atoms with Crippen LogP contribution in [0.4, 0.5) is 0 Å². The number of rotatable bonds is 1. The van der Waals surface area contributed by atoms with Crippen LogP contribution >= 0.6 is 7.82 Å². The van der Waals surface area contributed by atoms with Crippen molar-refractivity contribution in [2.45, 2.75) is 46.0 Å². The molecule has 3 N–H and O–H groups in total. The van der Waals surface area contributed by atoms with Gasteiger partial charge in [0.2, 0.25) is 0 Å². The van der Waals surface area contributed by atoms with E-state index >= 15 is 0 Å². The maximum Gasteiger partial charge on any atom is 0.466 e. The quantitative estimate of drug-likeness (QED) is 0.547. The minimum atomic E-state index is -4.64. The summed E-state index contributed by atoms with van der Waals surface area (Å²) in [5.74, 6) is 0.637. The van der Waals surface area contributed by atoms with E-state index in [0.29, 0.717) is 11.3 Å². The molecule has 0 aliphatic heterocycles. The van der Waals surface area contributed by atoms with Crippen LogP contribution in [0.25, 0.3) is 0 Å². The molecule has 0 radical (unpaired) electrons. The van der Waals surface area contributed by atoms with Gasteiger partial charge in [0.05, 0.1) is 0 Å². The molecule has 104 valence electrons. The standard InChI is InChI=1S/C13H19.Na.H3O4P/c1-10(2)11-7-6-8-12(9-11)13(3,4)5;;1-5(2,3)4/h6-7,9-10H,1-5H3;;(H3,1,2,3,4). The smallest absolute Gasteiger partial charge is 0.303 e. The molecule has 0 spiro atoms. The van der Waals surface area contributed by atoms with Crippen LogP contribution in [-0.4, -0.2) is 42.6 Å². The summed E-state index contributed by atoms with van der Waals surface area (Å²) in [6.45, 7) is 11.4. The maximum absolute atomic E-state index is 8.88. The molecule has 0 aliphatic rings. The second kappa shape index (κ2) is 7.37. The van der Waals surface area contributed by atoms with Crippen LogP contribution in [0.2, 0.25) is 0 Å². The monoisotopic (exact) mass is 296 g/mol. The molecule has 0 heterocycles. The maximum atomic E-state index is 8.88. The van der Waals surface area contributed by atoms with Crippen molar-refractivity contribution >= 4 is 38.6 Å². The molecule has 0 aliphatic carbocycles. The topological polar surface area (TPSA) is 77.8 Å². The molecular weight excluding hydrogens is 274 g/mol. The Morgan fingerprint density at radius 1 is 1.16 bits per heavy atom. The molecule has 4 nitrogen and oxygen atoms in total. The molecule has 19 heavy (non-hydrogen) atoms. The fourth-order valence-electron chi connectivity index (χ4n) is 1.81. The van der Waals surface area contributed by atoms with Gasteiger partial charge >= 0.3 is 114 Å². The van der Waals surface area contributed by atoms with Gasteiger partial charge in [0.15, 0.2) is 0 Å². The van der Waals surface area contributed by atoms with E-state index in [0.717, 1.165) is 27.9 Å². The summed E-state index contributed by atoms with van der Waals surface area (Å²) >= 11 is 1.15. The van der Waals surface area contributed by atoms with Gasteiger partial charge < -0.3 is 14.7 Å². The Labute approximate surface area is 132 Å². The van der Waals surface area contributed by atoms with Crippen molar-refractivity contribution in [2.75, 3.05) is 0 Å². The van der Waals surface area contributed by atoms with Gasteiger partial charge in [0, 0.05) is 0 Å². The fraction of sp³-hybridized carbons (Fsp3) is 0.538. The molecule has 6 heteroatoms. The van der Waals surface area contributed by atoms with Crippen LogP contribution in [-0.2, 0) is 9.98 Å². The molecule has 1 rings (SSSR count). The van der Waals surface area contributed by atoms with Crippen LogP contribution in [0.15, 0.2) is 18.2 Å². The van der Waals surface area contributed by atoms with Crippen LogP contribution in [0.3, 0.4) is 0 Å². The number of phosphoric acid groups is 1. The van der Waals surface area contributed by atoms with E-state index in [4.69, 9.17) is 19.2 Å². The molecule has 0 atom stereocenters. The van der Waals surface area contributed by atoms with E-state index in [2.05, 4.69) is 52.8 Å². The first-order valence-electron chi connectivity index (χ1n) is 6.21. The van der Waals surface area contributed by atoms with Crippen molar-refractivity contribution in [3.05, 3.63) is 29.3 Å². The van der Waals surface area contributed by atoms with Crippen LogP contribution in [0.1, 0.15) is 51.7 Å². The number of hydrogen-bond acceptors (Lipinski definition) is 1. The van der Waals surface area contributed by atoms with Crippen LogP contribution in [0, 0.1) is 0 Å². The SMILES string of the molecule is CC(C)c1cc[c]([Na])c(C(C)(C)C)c1.O=P(O)(O)O. The third-order valence-corrected chi connectivity index (χ3v) is 3.61. The molecule has 1 aromatic rings. The summed E-state index contributed by atoms with van der Waals surface area (Å²) in [6, 6.07) is 6.98. The Hall–Kier alpha value is 0.330. The average Bonchev–Trinajstić information content (AvgIpc) is 2.13. The molecule has 0 saturated carbocycles. The van der Waals surface area contributed by atoms with Crippen LogP contribution < -0.4 is 2.81 Å². The summed E-state index contributed by atoms with van der Waals surface area (Å²) in [4.78, 5) is 21.6. The summed E-state index contributed by atoms with van der Waals surface area (Å²) in [6.07, 6.45) is 0. The first-order chi connectivity index (χ1) is 8.32. The predicted molar refractivity (Wildman–Crippen MR) is 78.9 cm³/mol. The van der Waals surface area contributed by atoms with Gasteiger partial charge in [-0.15, -0.1) is 0 Å². The summed E-state index contributed by atoms with van der Waals surface area (Å²) in [5, 5.41) is 0. The zero-order chi connectivity index (χ0) is 15.4. The first-order valence-corrected chi connectivity index (χ1v) is 8.78. The summed E-state index contributed by atoms with van der Waals surface area (Å²) in [5.41, 5.74) is 3.30. The Morgan fingerprint density at radius 2 is 1.58 bits per heavy atom. The van der Waals surface area contributed by atoms with Gasteiger partial charge in [-0.25, -0.2) is 4.57 Å². The molecule has 0 fully saturated rings. The van der Waals surface area contributed by atoms with Crippen molar-refractivity contribution in [1.29, 1.82) is 0 Å². The fourth-order valence-corrected chi connectivity index (χ4v) is 2.87. The van der Waals surface area contributed by atoms with E-state index < -0.39 is 7.82 Å². The second-order valence-electron chi connectivity index (χ2n) is 5.99. The minimum Gasteiger partial charge on any atom is -0.303 e. The molecule has 1 aromatic carbocycles. The minimum absolute atomic E-state index is 0.294. The van der Waals surface area contributed by atoms with Crippen LogP contribution in [0.5, 0.6) is 0 Å². The van der Waals surface area contributed by atoms with E-state index in [-0.39, 0.29) is 0 Å². The molecule has 0 unspecified atom stereocenters. The summed E-state index contributed by atoms with van der Waals surface area (Å²) < 4.78 is 10.4. The Kier molecular flexibility index (Phi) is 7.50. The zero-order valence-corrected chi connectivity index (χ0v) is 15.4. The van der Waals surface area contributed by atoms with E-state index in [1.807, 2.05) is 0 Å². The van der Waals surface area contributed by atoms with Crippen molar-refractivity contribution in [2.24, 2.45) is 0 Å². The van der Waals surface area contributed by atoms with Gasteiger partial charge in [0.1, 0.15) is 0 Å². The average molecular weight is 296 g/mol. The molecule has 0 saturated heterocycles. The molecule has 0 aromatic heterocycles. The van der Waals surface area contributed by atoms with E-state index in [1.165, 1.54) is 11.1 Å². The van der Waals surface area contributed by atoms with Gasteiger partial charge in [-0.05, 0) is 0 Å². The Balaban J connectivity index is 0.000000555. The molecular formula is C13H22NaO4P. The zero-order valence-electron chi connectivity index (χ0n) is 12.5. The first kappa shape index (κ1) is 19.3. The normalized spacial score (nSPS) is 12.2. The van der Waals surface area contributed by atoms with Crippen molar-refractivity contribution in [3.63, 3.8) is 0 Å². The Morgan fingerprint density at radius 3 is 1.89 bits per heavy atom.